The van der Waals surface area contributed by atoms with E-state index in [1.54, 1.807) is 23.5 Å². The van der Waals surface area contributed by atoms with Crippen LogP contribution in [0, 0.1) is 5.41 Å². The quantitative estimate of drug-likeness (QED) is 0.204. The number of nitrogens with one attached hydrogen (secondary N) is 2. The van der Waals surface area contributed by atoms with Crippen LogP contribution in [0.3, 0.4) is 0 Å². The monoisotopic (exact) mass is 522 g/mol. The molecule has 2 aromatic heterocycles. The molecule has 33 heavy (non-hydrogen) atoms. The summed E-state index contributed by atoms with van der Waals surface area (Å²) >= 11 is 3.42. The zero-order chi connectivity index (χ0) is 24.6. The third kappa shape index (κ3) is 6.04. The number of carbonyl (C=O) groups is 1. The van der Waals surface area contributed by atoms with Crippen molar-refractivity contribution in [3.05, 3.63) is 40.5 Å². The number of thioether (sulfide) groups is 2. The summed E-state index contributed by atoms with van der Waals surface area (Å²) in [5.74, 6) is 1.45. The Bertz CT molecular complexity index is 1020. The van der Waals surface area contributed by atoms with E-state index in [9.17, 15) is 4.79 Å². The summed E-state index contributed by atoms with van der Waals surface area (Å²) in [6.07, 6.45) is 7.07. The van der Waals surface area contributed by atoms with Crippen LogP contribution in [-0.2, 0) is 11.8 Å². The van der Waals surface area contributed by atoms with Crippen LogP contribution < -0.4 is 10.6 Å². The molecule has 2 atom stereocenters. The number of fused-ring (bicyclic) bond motifs is 1. The van der Waals surface area contributed by atoms with Crippen LogP contribution in [0.1, 0.15) is 46.4 Å². The van der Waals surface area contributed by atoms with Gasteiger partial charge in [-0.1, -0.05) is 33.4 Å². The summed E-state index contributed by atoms with van der Waals surface area (Å²) < 4.78 is 2.21. The van der Waals surface area contributed by atoms with Gasteiger partial charge in [0.15, 0.2) is 0 Å². The molecule has 1 unspecified atom stereocenters. The molecule has 5 nitrogen and oxygen atoms in total. The molecule has 182 valence electrons. The molecule has 0 fully saturated rings. The Hall–Kier alpha value is -1.29. The first-order valence-corrected chi connectivity index (χ1v) is 16.6. The van der Waals surface area contributed by atoms with Gasteiger partial charge in [-0.25, -0.2) is 4.98 Å². The average Bonchev–Trinajstić information content (AvgIpc) is 3.41. The van der Waals surface area contributed by atoms with Gasteiger partial charge < -0.3 is 20.0 Å². The van der Waals surface area contributed by atoms with Crippen LogP contribution in [0.4, 0.5) is 0 Å². The van der Waals surface area contributed by atoms with Crippen LogP contribution in [-0.4, -0.2) is 54.9 Å². The molecule has 0 amide bonds. The van der Waals surface area contributed by atoms with Crippen molar-refractivity contribution in [1.29, 1.82) is 0 Å². The van der Waals surface area contributed by atoms with Crippen molar-refractivity contribution in [1.82, 2.24) is 20.2 Å². The summed E-state index contributed by atoms with van der Waals surface area (Å²) in [7, 11) is 6.18. The van der Waals surface area contributed by atoms with Gasteiger partial charge in [-0.3, -0.25) is 0 Å². The van der Waals surface area contributed by atoms with E-state index >= 15 is 0 Å². The number of hydrogen-bond acceptors (Lipinski definition) is 7. The van der Waals surface area contributed by atoms with Crippen LogP contribution in [0.15, 0.2) is 34.6 Å². The lowest BCUT2D eigenvalue weighted by Gasteiger charge is -2.39. The van der Waals surface area contributed by atoms with Crippen molar-refractivity contribution in [2.75, 3.05) is 25.6 Å². The number of imidazole rings is 1. The maximum atomic E-state index is 11.3. The van der Waals surface area contributed by atoms with E-state index in [2.05, 4.69) is 74.5 Å². The summed E-state index contributed by atoms with van der Waals surface area (Å²) in [4.78, 5) is 17.4. The van der Waals surface area contributed by atoms with E-state index in [0.29, 0.717) is 5.75 Å². The summed E-state index contributed by atoms with van der Waals surface area (Å²) in [6, 6.07) is 0. The Morgan fingerprint density at radius 1 is 1.45 bits per heavy atom. The Morgan fingerprint density at radius 2 is 2.18 bits per heavy atom. The van der Waals surface area contributed by atoms with Crippen LogP contribution in [0.5, 0.6) is 0 Å². The zero-order valence-corrected chi connectivity index (χ0v) is 24.6. The second-order valence-electron chi connectivity index (χ2n) is 8.04. The molecular weight excluding hydrogens is 485 g/mol. The van der Waals surface area contributed by atoms with E-state index in [1.165, 1.54) is 11.2 Å². The molecule has 2 rings (SSSR count). The second kappa shape index (κ2) is 13.0. The molecule has 0 aromatic carbocycles. The van der Waals surface area contributed by atoms with Gasteiger partial charge in [0.2, 0.25) is 0 Å². The van der Waals surface area contributed by atoms with Gasteiger partial charge in [0.05, 0.1) is 18.8 Å². The first kappa shape index (κ1) is 27.9. The van der Waals surface area contributed by atoms with Crippen molar-refractivity contribution in [2.24, 2.45) is 12.5 Å². The number of aromatic nitrogens is 2. The van der Waals surface area contributed by atoms with Crippen LogP contribution >= 0.6 is 34.3 Å². The van der Waals surface area contributed by atoms with Crippen LogP contribution in [0.2, 0.25) is 0 Å². The fourth-order valence-electron chi connectivity index (χ4n) is 4.12. The number of aryl methyl sites for hydroxylation is 1. The lowest BCUT2D eigenvalue weighted by Crippen LogP contribution is -2.40. The van der Waals surface area contributed by atoms with Gasteiger partial charge in [0.1, 0.15) is 16.9 Å². The molecule has 2 heterocycles. The molecule has 0 aliphatic carbocycles. The average molecular weight is 523 g/mol. The number of nitrogens with zero attached hydrogens (tertiary/aromatic N) is 2. The lowest BCUT2D eigenvalue weighted by molar-refractivity contribution is -0.105. The third-order valence-corrected chi connectivity index (χ3v) is 11.3. The Kier molecular flexibility index (Phi) is 11.0. The van der Waals surface area contributed by atoms with Gasteiger partial charge in [-0.2, -0.15) is 10.8 Å². The minimum Gasteiger partial charge on any atom is -0.385 e. The second-order valence-corrected chi connectivity index (χ2v) is 12.8. The van der Waals surface area contributed by atoms with Crippen molar-refractivity contribution < 1.29 is 4.79 Å². The van der Waals surface area contributed by atoms with E-state index in [0.717, 1.165) is 52.5 Å². The molecule has 0 saturated heterocycles. The SMILES string of the molecule is C=C(/C(=C\C)c1nc2s[siH]cc2n1C)[C@](C)(CC)C(CN/C(CC)=C(\NC)SC)SCC=O. The van der Waals surface area contributed by atoms with Gasteiger partial charge >= 0.3 is 0 Å². The largest absolute Gasteiger partial charge is 0.385 e. The standard InChI is InChI=1S/C24H38N4OS3Si/c1-9-17(21-27-23-19(28(21)7)15-33-32-23)16(4)24(5,11-3)20(31-13-12-29)14-26-18(10-2)22(25-6)30-8/h9,12,15,20,25-26,33H,4,10-11,13-14H2,1-3,5-8H3/b17-9+,22-18+/t20?,24-/m0/s1. The molecule has 0 radical (unpaired) electrons. The fourth-order valence-corrected chi connectivity index (χ4v) is 8.77. The maximum absolute atomic E-state index is 11.3. The molecule has 0 spiro atoms. The molecule has 0 saturated carbocycles. The number of rotatable bonds is 14. The topological polar surface area (TPSA) is 59.0 Å². The summed E-state index contributed by atoms with van der Waals surface area (Å²) in [5.41, 5.74) is 6.73. The number of aldehydes is 1. The van der Waals surface area contributed by atoms with Crippen molar-refractivity contribution in [2.45, 2.75) is 45.8 Å². The smallest absolute Gasteiger partial charge is 0.141 e. The minimum atomic E-state index is -0.209. The van der Waals surface area contributed by atoms with Crippen molar-refractivity contribution in [3.63, 3.8) is 0 Å². The highest BCUT2D eigenvalue weighted by molar-refractivity contribution is 8.02. The number of allylic oxidation sites excluding steroid dienone is 4. The maximum Gasteiger partial charge on any atom is 0.141 e. The fraction of sp³-hybridized carbons (Fsp3) is 0.542. The van der Waals surface area contributed by atoms with Gasteiger partial charge in [-0.15, -0.1) is 23.5 Å². The lowest BCUT2D eigenvalue weighted by atomic mass is 9.73. The molecular formula is C24H38N4OS3Si. The Morgan fingerprint density at radius 3 is 2.70 bits per heavy atom. The van der Waals surface area contributed by atoms with Crippen molar-refractivity contribution >= 4 is 64.7 Å². The third-order valence-electron chi connectivity index (χ3n) is 6.43. The highest BCUT2D eigenvalue weighted by Gasteiger charge is 2.38. The molecule has 9 heteroatoms. The molecule has 0 aliphatic heterocycles. The van der Waals surface area contributed by atoms with E-state index in [1.807, 2.05) is 17.8 Å². The molecule has 2 N–H and O–H groups in total. The van der Waals surface area contributed by atoms with E-state index < -0.39 is 0 Å². The molecule has 0 bridgehead atoms. The number of hydrogen-bond donors (Lipinski definition) is 2. The van der Waals surface area contributed by atoms with Crippen LogP contribution in [0.25, 0.3) is 15.9 Å². The van der Waals surface area contributed by atoms with Gasteiger partial charge in [0, 0.05) is 48.3 Å². The normalized spacial score (nSPS) is 15.7. The predicted octanol–water partition coefficient (Wildman–Crippen LogP) is 5.13. The molecule has 2 aromatic rings. The first-order valence-electron chi connectivity index (χ1n) is 11.3. The summed E-state index contributed by atoms with van der Waals surface area (Å²) in [5, 5.41) is 8.31. The van der Waals surface area contributed by atoms with Gasteiger partial charge in [0.25, 0.3) is 0 Å². The Labute approximate surface area is 213 Å². The summed E-state index contributed by atoms with van der Waals surface area (Å²) in [6.45, 7) is 14.1. The number of carbonyl (C=O) groups excluding carboxylic acids is 1. The zero-order valence-electron chi connectivity index (χ0n) is 20.9. The van der Waals surface area contributed by atoms with E-state index in [4.69, 9.17) is 4.98 Å². The Balaban J connectivity index is 2.42. The minimum absolute atomic E-state index is 0.175. The first-order chi connectivity index (χ1) is 15.8. The highest BCUT2D eigenvalue weighted by atomic mass is 32.3. The highest BCUT2D eigenvalue weighted by Crippen LogP contribution is 2.45. The van der Waals surface area contributed by atoms with Gasteiger partial charge in [-0.05, 0) is 37.3 Å². The van der Waals surface area contributed by atoms with E-state index in [-0.39, 0.29) is 18.9 Å². The van der Waals surface area contributed by atoms with Crippen molar-refractivity contribution in [3.8, 4) is 0 Å². The molecule has 0 aliphatic rings. The predicted molar refractivity (Wildman–Crippen MR) is 153 cm³/mol.